The highest BCUT2D eigenvalue weighted by atomic mass is 16.6. The molecule has 0 saturated carbocycles. The molecule has 0 aliphatic heterocycles. The fourth-order valence-corrected chi connectivity index (χ4v) is 3.38. The maximum atomic E-state index is 13.4. The Morgan fingerprint density at radius 3 is 1.94 bits per heavy atom. The first-order valence-electron chi connectivity index (χ1n) is 10.7. The highest BCUT2D eigenvalue weighted by Crippen LogP contribution is 2.30. The van der Waals surface area contributed by atoms with E-state index >= 15 is 0 Å². The molecule has 3 amide bonds. The van der Waals surface area contributed by atoms with Crippen molar-refractivity contribution >= 4 is 17.9 Å². The number of nitrogens with zero attached hydrogens (tertiary/aromatic N) is 1. The van der Waals surface area contributed by atoms with Crippen LogP contribution in [0.2, 0.25) is 0 Å². The number of benzene rings is 1. The highest BCUT2D eigenvalue weighted by molar-refractivity contribution is 5.91. The molecule has 174 valence electrons. The van der Waals surface area contributed by atoms with Crippen molar-refractivity contribution in [3.63, 3.8) is 0 Å². The van der Waals surface area contributed by atoms with Gasteiger partial charge in [0.25, 0.3) is 0 Å². The molecule has 7 heteroatoms. The Morgan fingerprint density at radius 1 is 1.00 bits per heavy atom. The van der Waals surface area contributed by atoms with Gasteiger partial charge in [0, 0.05) is 11.6 Å². The lowest BCUT2D eigenvalue weighted by atomic mass is 9.92. The zero-order valence-electron chi connectivity index (χ0n) is 20.7. The summed E-state index contributed by atoms with van der Waals surface area (Å²) in [6.07, 6.45) is -0.674. The van der Waals surface area contributed by atoms with E-state index in [1.165, 1.54) is 4.90 Å². The summed E-state index contributed by atoms with van der Waals surface area (Å²) in [5.74, 6) is -0.623. The van der Waals surface area contributed by atoms with E-state index in [1.54, 1.807) is 20.8 Å². The largest absolute Gasteiger partial charge is 0.444 e. The van der Waals surface area contributed by atoms with Crippen LogP contribution >= 0.6 is 0 Å². The van der Waals surface area contributed by atoms with Gasteiger partial charge in [0.05, 0.1) is 0 Å². The van der Waals surface area contributed by atoms with Crippen molar-refractivity contribution < 1.29 is 19.1 Å². The van der Waals surface area contributed by atoms with Gasteiger partial charge in [0.15, 0.2) is 0 Å². The molecule has 0 fully saturated rings. The summed E-state index contributed by atoms with van der Waals surface area (Å²) in [4.78, 5) is 40.2. The third-order valence-corrected chi connectivity index (χ3v) is 4.47. The summed E-state index contributed by atoms with van der Waals surface area (Å²) in [7, 11) is 0. The summed E-state index contributed by atoms with van der Waals surface area (Å²) in [5.41, 5.74) is 1.51. The lowest BCUT2D eigenvalue weighted by molar-refractivity contribution is -0.142. The van der Waals surface area contributed by atoms with Crippen molar-refractivity contribution in [1.82, 2.24) is 15.5 Å². The van der Waals surface area contributed by atoms with Crippen molar-refractivity contribution in [3.05, 3.63) is 34.9 Å². The van der Waals surface area contributed by atoms with Gasteiger partial charge in [-0.2, -0.15) is 0 Å². The molecule has 0 aliphatic rings. The molecule has 1 unspecified atom stereocenters. The molecule has 0 radical (unpaired) electrons. The number of alkyl carbamates (subject to hydrolysis) is 1. The number of rotatable bonds is 6. The molecule has 2 N–H and O–H groups in total. The van der Waals surface area contributed by atoms with E-state index in [9.17, 15) is 14.4 Å². The molecule has 0 heterocycles. The number of ether oxygens (including phenoxy) is 1. The topological polar surface area (TPSA) is 87.7 Å². The van der Waals surface area contributed by atoms with Crippen LogP contribution in [0.5, 0.6) is 0 Å². The Morgan fingerprint density at radius 2 is 1.52 bits per heavy atom. The normalized spacial score (nSPS) is 12.9. The van der Waals surface area contributed by atoms with Crippen LogP contribution in [0, 0.1) is 13.8 Å². The maximum absolute atomic E-state index is 13.4. The lowest BCUT2D eigenvalue weighted by Gasteiger charge is -2.37. The SMILES string of the molecule is Cc1cccc(C)c1C(C(=O)NC(C)(C)C)N(C(=O)CNC(=O)OC(C)(C)C)C(C)C. The van der Waals surface area contributed by atoms with Gasteiger partial charge in [-0.05, 0) is 85.9 Å². The van der Waals surface area contributed by atoms with Gasteiger partial charge in [0.1, 0.15) is 18.2 Å². The smallest absolute Gasteiger partial charge is 0.408 e. The quantitative estimate of drug-likeness (QED) is 0.709. The maximum Gasteiger partial charge on any atom is 0.408 e. The number of hydrogen-bond acceptors (Lipinski definition) is 4. The van der Waals surface area contributed by atoms with E-state index in [2.05, 4.69) is 10.6 Å². The average molecular weight is 434 g/mol. The molecule has 0 aliphatic carbocycles. The first-order valence-corrected chi connectivity index (χ1v) is 10.7. The van der Waals surface area contributed by atoms with E-state index in [-0.39, 0.29) is 24.4 Å². The third kappa shape index (κ3) is 8.23. The van der Waals surface area contributed by atoms with Crippen LogP contribution in [0.3, 0.4) is 0 Å². The van der Waals surface area contributed by atoms with Gasteiger partial charge in [0.2, 0.25) is 11.8 Å². The third-order valence-electron chi connectivity index (χ3n) is 4.47. The van der Waals surface area contributed by atoms with Crippen LogP contribution in [0.25, 0.3) is 0 Å². The predicted molar refractivity (Wildman–Crippen MR) is 123 cm³/mol. The average Bonchev–Trinajstić information content (AvgIpc) is 2.55. The Bertz CT molecular complexity index is 784. The Balaban J connectivity index is 3.32. The second-order valence-electron chi connectivity index (χ2n) is 10.2. The van der Waals surface area contributed by atoms with E-state index in [4.69, 9.17) is 4.74 Å². The van der Waals surface area contributed by atoms with Crippen molar-refractivity contribution in [3.8, 4) is 0 Å². The van der Waals surface area contributed by atoms with Gasteiger partial charge >= 0.3 is 6.09 Å². The fourth-order valence-electron chi connectivity index (χ4n) is 3.38. The molecule has 0 spiro atoms. The number of nitrogens with one attached hydrogen (secondary N) is 2. The van der Waals surface area contributed by atoms with Gasteiger partial charge in [-0.3, -0.25) is 9.59 Å². The zero-order valence-corrected chi connectivity index (χ0v) is 20.7. The van der Waals surface area contributed by atoms with Crippen LogP contribution < -0.4 is 10.6 Å². The molecular formula is C24H39N3O4. The summed E-state index contributed by atoms with van der Waals surface area (Å²) < 4.78 is 5.22. The Kier molecular flexibility index (Phi) is 8.67. The summed E-state index contributed by atoms with van der Waals surface area (Å²) >= 11 is 0. The minimum absolute atomic E-state index is 0.260. The first-order chi connectivity index (χ1) is 14.0. The Hall–Kier alpha value is -2.57. The standard InChI is InChI=1S/C24H39N3O4/c1-15(2)27(18(28)14-25-22(30)31-24(8,9)10)20(21(29)26-23(5,6)7)19-16(3)12-11-13-17(19)4/h11-13,15,20H,14H2,1-10H3,(H,25,30)(H,26,29). The van der Waals surface area contributed by atoms with Crippen molar-refractivity contribution in [2.45, 2.75) is 92.5 Å². The molecule has 1 aromatic rings. The monoisotopic (exact) mass is 433 g/mol. The van der Waals surface area contributed by atoms with Crippen molar-refractivity contribution in [1.29, 1.82) is 0 Å². The van der Waals surface area contributed by atoms with E-state index in [1.807, 2.05) is 66.7 Å². The van der Waals surface area contributed by atoms with Crippen LogP contribution in [-0.4, -0.2) is 46.5 Å². The predicted octanol–water partition coefficient (Wildman–Crippen LogP) is 4.02. The van der Waals surface area contributed by atoms with E-state index in [0.717, 1.165) is 16.7 Å². The highest BCUT2D eigenvalue weighted by Gasteiger charge is 2.36. The van der Waals surface area contributed by atoms with Crippen molar-refractivity contribution in [2.24, 2.45) is 0 Å². The number of aryl methyl sites for hydroxylation is 2. The molecule has 31 heavy (non-hydrogen) atoms. The van der Waals surface area contributed by atoms with Gasteiger partial charge < -0.3 is 20.3 Å². The molecule has 1 atom stereocenters. The van der Waals surface area contributed by atoms with E-state index < -0.39 is 23.3 Å². The zero-order chi connectivity index (χ0) is 24.1. The van der Waals surface area contributed by atoms with Gasteiger partial charge in [-0.1, -0.05) is 18.2 Å². The molecule has 7 nitrogen and oxygen atoms in total. The van der Waals surface area contributed by atoms with Gasteiger partial charge in [-0.15, -0.1) is 0 Å². The second-order valence-corrected chi connectivity index (χ2v) is 10.2. The second kappa shape index (κ2) is 10.2. The van der Waals surface area contributed by atoms with E-state index in [0.29, 0.717) is 0 Å². The number of carbonyl (C=O) groups is 3. The minimum atomic E-state index is -0.826. The molecule has 1 aromatic carbocycles. The molecular weight excluding hydrogens is 394 g/mol. The van der Waals surface area contributed by atoms with Gasteiger partial charge in [-0.25, -0.2) is 4.79 Å². The molecule has 0 saturated heterocycles. The molecule has 1 rings (SSSR count). The minimum Gasteiger partial charge on any atom is -0.444 e. The fraction of sp³-hybridized carbons (Fsp3) is 0.625. The van der Waals surface area contributed by atoms with Crippen LogP contribution in [0.1, 0.15) is 78.1 Å². The summed E-state index contributed by atoms with van der Waals surface area (Å²) in [6.45, 7) is 18.3. The number of carbonyl (C=O) groups excluding carboxylic acids is 3. The summed E-state index contributed by atoms with van der Waals surface area (Å²) in [5, 5.41) is 5.53. The number of hydrogen-bond donors (Lipinski definition) is 2. The number of amides is 3. The van der Waals surface area contributed by atoms with Crippen molar-refractivity contribution in [2.75, 3.05) is 6.54 Å². The molecule has 0 aromatic heterocycles. The van der Waals surface area contributed by atoms with Crippen LogP contribution in [0.4, 0.5) is 4.79 Å². The molecule has 0 bridgehead atoms. The van der Waals surface area contributed by atoms with Crippen LogP contribution in [0.15, 0.2) is 18.2 Å². The van der Waals surface area contributed by atoms with Crippen LogP contribution in [-0.2, 0) is 14.3 Å². The Labute approximate surface area is 186 Å². The first kappa shape index (κ1) is 26.5. The lowest BCUT2D eigenvalue weighted by Crippen LogP contribution is -2.53. The summed E-state index contributed by atoms with van der Waals surface area (Å²) in [6, 6.07) is 4.69.